The zero-order valence-electron chi connectivity index (χ0n) is 11.9. The minimum Gasteiger partial charge on any atom is -0.478 e. The fourth-order valence-electron chi connectivity index (χ4n) is 1.96. The molecular weight excluding hydrogens is 242 g/mol. The molecule has 0 fully saturated rings. The van der Waals surface area contributed by atoms with Gasteiger partial charge in [-0.3, -0.25) is 4.90 Å². The first-order chi connectivity index (χ1) is 9.08. The molecule has 1 aromatic carbocycles. The predicted molar refractivity (Wildman–Crippen MR) is 75.4 cm³/mol. The predicted octanol–water partition coefficient (Wildman–Crippen LogP) is 2.63. The Morgan fingerprint density at radius 1 is 1.47 bits per heavy atom. The summed E-state index contributed by atoms with van der Waals surface area (Å²) in [4.78, 5) is 13.3. The topological polar surface area (TPSA) is 49.8 Å². The summed E-state index contributed by atoms with van der Waals surface area (Å²) in [6, 6.07) is 7.57. The van der Waals surface area contributed by atoms with Crippen LogP contribution in [0.2, 0.25) is 0 Å². The fraction of sp³-hybridized carbons (Fsp3) is 0.533. The van der Waals surface area contributed by atoms with Crippen molar-refractivity contribution in [3.63, 3.8) is 0 Å². The van der Waals surface area contributed by atoms with Crippen molar-refractivity contribution in [3.05, 3.63) is 35.4 Å². The van der Waals surface area contributed by atoms with Crippen LogP contribution in [0.15, 0.2) is 24.3 Å². The van der Waals surface area contributed by atoms with E-state index in [1.807, 2.05) is 6.07 Å². The Hall–Kier alpha value is -1.39. The fourth-order valence-corrected chi connectivity index (χ4v) is 1.96. The number of nitrogens with zero attached hydrogens (tertiary/aromatic N) is 1. The van der Waals surface area contributed by atoms with Gasteiger partial charge in [-0.05, 0) is 31.0 Å². The van der Waals surface area contributed by atoms with E-state index >= 15 is 0 Å². The van der Waals surface area contributed by atoms with Crippen LogP contribution in [0.25, 0.3) is 0 Å². The highest BCUT2D eigenvalue weighted by Gasteiger charge is 2.13. The van der Waals surface area contributed by atoms with Crippen molar-refractivity contribution < 1.29 is 14.6 Å². The van der Waals surface area contributed by atoms with Crippen molar-refractivity contribution in [1.29, 1.82) is 0 Å². The van der Waals surface area contributed by atoms with E-state index in [1.165, 1.54) is 0 Å². The van der Waals surface area contributed by atoms with Crippen LogP contribution < -0.4 is 0 Å². The second-order valence-corrected chi connectivity index (χ2v) is 4.73. The van der Waals surface area contributed by atoms with Gasteiger partial charge in [0.2, 0.25) is 0 Å². The van der Waals surface area contributed by atoms with E-state index in [9.17, 15) is 4.79 Å². The summed E-state index contributed by atoms with van der Waals surface area (Å²) in [5.74, 6) is -0.881. The van der Waals surface area contributed by atoms with Gasteiger partial charge in [0.05, 0.1) is 12.2 Å². The molecule has 0 radical (unpaired) electrons. The highest BCUT2D eigenvalue weighted by atomic mass is 16.5. The molecule has 0 saturated carbocycles. The van der Waals surface area contributed by atoms with E-state index in [1.54, 1.807) is 25.3 Å². The average molecular weight is 265 g/mol. The molecule has 0 amide bonds. The van der Waals surface area contributed by atoms with Gasteiger partial charge >= 0.3 is 5.97 Å². The third-order valence-corrected chi connectivity index (χ3v) is 3.36. The smallest absolute Gasteiger partial charge is 0.335 e. The molecular formula is C15H23NO3. The van der Waals surface area contributed by atoms with E-state index in [4.69, 9.17) is 9.84 Å². The van der Waals surface area contributed by atoms with Gasteiger partial charge in [0.25, 0.3) is 0 Å². The Labute approximate surface area is 115 Å². The minimum absolute atomic E-state index is 0.341. The van der Waals surface area contributed by atoms with Crippen molar-refractivity contribution in [3.8, 4) is 0 Å². The van der Waals surface area contributed by atoms with Gasteiger partial charge in [-0.15, -0.1) is 0 Å². The minimum atomic E-state index is -0.881. The van der Waals surface area contributed by atoms with E-state index in [-0.39, 0.29) is 0 Å². The van der Waals surface area contributed by atoms with Crippen molar-refractivity contribution in [2.75, 3.05) is 20.3 Å². The SMILES string of the molecule is CCC(C)N(CCOC)Cc1cccc(C(=O)O)c1. The molecule has 1 atom stereocenters. The molecule has 0 saturated heterocycles. The molecule has 106 valence electrons. The molecule has 0 heterocycles. The van der Waals surface area contributed by atoms with Gasteiger partial charge in [-0.1, -0.05) is 19.1 Å². The third kappa shape index (κ3) is 5.01. The van der Waals surface area contributed by atoms with Crippen molar-refractivity contribution in [1.82, 2.24) is 4.90 Å². The lowest BCUT2D eigenvalue weighted by atomic mass is 10.1. The summed E-state index contributed by atoms with van der Waals surface area (Å²) >= 11 is 0. The Kier molecular flexibility index (Phi) is 6.53. The maximum atomic E-state index is 11.0. The Morgan fingerprint density at radius 2 is 2.21 bits per heavy atom. The molecule has 0 spiro atoms. The van der Waals surface area contributed by atoms with Crippen LogP contribution in [0.1, 0.15) is 36.2 Å². The molecule has 0 aliphatic carbocycles. The number of hydrogen-bond donors (Lipinski definition) is 1. The summed E-state index contributed by atoms with van der Waals surface area (Å²) in [7, 11) is 1.69. The van der Waals surface area contributed by atoms with Crippen LogP contribution in [0.3, 0.4) is 0 Å². The van der Waals surface area contributed by atoms with Gasteiger partial charge in [0.1, 0.15) is 0 Å². The molecule has 0 aliphatic rings. The van der Waals surface area contributed by atoms with Crippen molar-refractivity contribution in [2.45, 2.75) is 32.9 Å². The molecule has 19 heavy (non-hydrogen) atoms. The van der Waals surface area contributed by atoms with E-state index < -0.39 is 5.97 Å². The molecule has 0 aromatic heterocycles. The van der Waals surface area contributed by atoms with Crippen LogP contribution in [-0.2, 0) is 11.3 Å². The highest BCUT2D eigenvalue weighted by Crippen LogP contribution is 2.12. The third-order valence-electron chi connectivity index (χ3n) is 3.36. The number of hydrogen-bond acceptors (Lipinski definition) is 3. The van der Waals surface area contributed by atoms with Gasteiger partial charge in [-0.25, -0.2) is 4.79 Å². The summed E-state index contributed by atoms with van der Waals surface area (Å²) in [6.45, 7) is 6.61. The lowest BCUT2D eigenvalue weighted by Crippen LogP contribution is -2.34. The second kappa shape index (κ2) is 7.92. The first kappa shape index (κ1) is 15.7. The molecule has 0 bridgehead atoms. The number of ether oxygens (including phenoxy) is 1. The zero-order chi connectivity index (χ0) is 14.3. The van der Waals surface area contributed by atoms with E-state index in [0.717, 1.165) is 25.1 Å². The van der Waals surface area contributed by atoms with Gasteiger partial charge in [0.15, 0.2) is 0 Å². The molecule has 1 rings (SSSR count). The lowest BCUT2D eigenvalue weighted by Gasteiger charge is -2.28. The molecule has 1 N–H and O–H groups in total. The van der Waals surface area contributed by atoms with Crippen molar-refractivity contribution >= 4 is 5.97 Å². The van der Waals surface area contributed by atoms with Crippen molar-refractivity contribution in [2.24, 2.45) is 0 Å². The second-order valence-electron chi connectivity index (χ2n) is 4.73. The number of aromatic carboxylic acids is 1. The lowest BCUT2D eigenvalue weighted by molar-refractivity contribution is 0.0696. The zero-order valence-corrected chi connectivity index (χ0v) is 11.9. The molecule has 1 aromatic rings. The summed E-state index contributed by atoms with van der Waals surface area (Å²) in [5.41, 5.74) is 1.37. The number of carbonyl (C=O) groups is 1. The Balaban J connectivity index is 2.77. The Morgan fingerprint density at radius 3 is 2.79 bits per heavy atom. The summed E-state index contributed by atoms with van der Waals surface area (Å²) < 4.78 is 5.13. The molecule has 4 heteroatoms. The van der Waals surface area contributed by atoms with Crippen LogP contribution in [0.5, 0.6) is 0 Å². The quantitative estimate of drug-likeness (QED) is 0.785. The number of benzene rings is 1. The average Bonchev–Trinajstić information content (AvgIpc) is 2.42. The molecule has 4 nitrogen and oxygen atoms in total. The first-order valence-electron chi connectivity index (χ1n) is 6.63. The van der Waals surface area contributed by atoms with Crippen LogP contribution in [0.4, 0.5) is 0 Å². The number of carboxylic acid groups (broad SMARTS) is 1. The standard InChI is InChI=1S/C15H23NO3/c1-4-12(2)16(8-9-19-3)11-13-6-5-7-14(10-13)15(17)18/h5-7,10,12H,4,8-9,11H2,1-3H3,(H,17,18). The van der Waals surface area contributed by atoms with Crippen LogP contribution in [-0.4, -0.2) is 42.3 Å². The monoisotopic (exact) mass is 265 g/mol. The van der Waals surface area contributed by atoms with Gasteiger partial charge in [-0.2, -0.15) is 0 Å². The largest absolute Gasteiger partial charge is 0.478 e. The van der Waals surface area contributed by atoms with Crippen LogP contribution >= 0.6 is 0 Å². The summed E-state index contributed by atoms with van der Waals surface area (Å²) in [5, 5.41) is 9.01. The van der Waals surface area contributed by atoms with E-state index in [0.29, 0.717) is 18.2 Å². The number of methoxy groups -OCH3 is 1. The number of rotatable bonds is 8. The molecule has 0 aliphatic heterocycles. The number of carboxylic acids is 1. The Bertz CT molecular complexity index is 406. The van der Waals surface area contributed by atoms with Gasteiger partial charge < -0.3 is 9.84 Å². The maximum Gasteiger partial charge on any atom is 0.335 e. The normalized spacial score (nSPS) is 12.6. The van der Waals surface area contributed by atoms with E-state index in [2.05, 4.69) is 18.7 Å². The first-order valence-corrected chi connectivity index (χ1v) is 6.63. The maximum absolute atomic E-state index is 11.0. The highest BCUT2D eigenvalue weighted by molar-refractivity contribution is 5.87. The summed E-state index contributed by atoms with van der Waals surface area (Å²) in [6.07, 6.45) is 1.06. The van der Waals surface area contributed by atoms with Gasteiger partial charge in [0, 0.05) is 26.2 Å². The molecule has 1 unspecified atom stereocenters. The van der Waals surface area contributed by atoms with Crippen LogP contribution in [0, 0.1) is 0 Å².